The van der Waals surface area contributed by atoms with Gasteiger partial charge in [-0.2, -0.15) is 0 Å². The Morgan fingerprint density at radius 3 is 2.69 bits per heavy atom. The molecule has 0 N–H and O–H groups in total. The molecule has 2 aromatic heterocycles. The maximum Gasteiger partial charge on any atom is 0.151 e. The minimum absolute atomic E-state index is 0.253. The first-order valence-electron chi connectivity index (χ1n) is 12.4. The molecule has 3 aliphatic rings. The van der Waals surface area contributed by atoms with Crippen LogP contribution in [0.1, 0.15) is 41.5 Å². The highest BCUT2D eigenvalue weighted by molar-refractivity contribution is 6.30. The molecule has 0 atom stereocenters. The molecule has 36 heavy (non-hydrogen) atoms. The number of nitrogens with zero attached hydrogens (tertiary/aromatic N) is 7. The van der Waals surface area contributed by atoms with Gasteiger partial charge in [-0.15, -0.1) is 10.2 Å². The number of aryl methyl sites for hydroxylation is 1. The predicted octanol–water partition coefficient (Wildman–Crippen LogP) is 4.54. The van der Waals surface area contributed by atoms with Gasteiger partial charge in [-0.1, -0.05) is 18.2 Å². The van der Waals surface area contributed by atoms with Gasteiger partial charge >= 0.3 is 0 Å². The maximum absolute atomic E-state index is 13.6. The Bertz CT molecular complexity index is 1340. The van der Waals surface area contributed by atoms with Crippen molar-refractivity contribution < 1.29 is 4.39 Å². The van der Waals surface area contributed by atoms with Gasteiger partial charge in [0.25, 0.3) is 0 Å². The van der Waals surface area contributed by atoms with Crippen molar-refractivity contribution in [3.05, 3.63) is 76.4 Å². The van der Waals surface area contributed by atoms with E-state index in [9.17, 15) is 4.39 Å². The molecule has 4 heterocycles. The minimum Gasteiger partial charge on any atom is -0.380 e. The van der Waals surface area contributed by atoms with Crippen LogP contribution in [0.5, 0.6) is 0 Å². The summed E-state index contributed by atoms with van der Waals surface area (Å²) in [6, 6.07) is 7.95. The fourth-order valence-corrected chi connectivity index (χ4v) is 6.11. The number of fused-ring (bicyclic) bond motifs is 3. The average molecular weight is 508 g/mol. The first-order chi connectivity index (χ1) is 17.2. The predicted molar refractivity (Wildman–Crippen MR) is 139 cm³/mol. The van der Waals surface area contributed by atoms with Gasteiger partial charge in [0.05, 0.1) is 18.4 Å². The van der Waals surface area contributed by atoms with E-state index in [1.165, 1.54) is 11.8 Å². The standard InChI is InChI=1S/C27H31ClFN7/c1-17-7-24(30-11-22(17)29)35-15-27(16-35)9-20(10-27)26-32-31-25-14-34(12-18(2)33(3)4)13-19-8-21(28)5-6-23(19)36(25)26/h5-8,11,20H,2,9-10,12-16H2,1,3-4H3. The molecule has 0 bridgehead atoms. The number of hydrogen-bond donors (Lipinski definition) is 0. The average Bonchev–Trinajstić information content (AvgIpc) is 3.10. The molecule has 7 nitrogen and oxygen atoms in total. The Morgan fingerprint density at radius 1 is 1.19 bits per heavy atom. The van der Waals surface area contributed by atoms with E-state index in [1.807, 2.05) is 26.2 Å². The summed E-state index contributed by atoms with van der Waals surface area (Å²) in [7, 11) is 4.04. The number of halogens is 2. The highest BCUT2D eigenvalue weighted by Gasteiger charge is 2.54. The van der Waals surface area contributed by atoms with Crippen LogP contribution in [0.2, 0.25) is 5.02 Å². The minimum atomic E-state index is -0.253. The molecule has 188 valence electrons. The normalized spacial score (nSPS) is 18.8. The van der Waals surface area contributed by atoms with Gasteiger partial charge in [-0.05, 0) is 55.2 Å². The van der Waals surface area contributed by atoms with Gasteiger partial charge in [0.2, 0.25) is 0 Å². The molecule has 1 aliphatic carbocycles. The third-order valence-electron chi connectivity index (χ3n) is 7.97. The van der Waals surface area contributed by atoms with E-state index in [0.29, 0.717) is 18.0 Å². The van der Waals surface area contributed by atoms with Gasteiger partial charge in [0.15, 0.2) is 5.82 Å². The molecule has 1 spiro atoms. The van der Waals surface area contributed by atoms with Crippen molar-refractivity contribution >= 4 is 17.4 Å². The van der Waals surface area contributed by atoms with Crippen molar-refractivity contribution in [2.24, 2.45) is 5.41 Å². The summed E-state index contributed by atoms with van der Waals surface area (Å²) in [4.78, 5) is 10.9. The lowest BCUT2D eigenvalue weighted by atomic mass is 9.57. The molecule has 0 amide bonds. The van der Waals surface area contributed by atoms with Crippen molar-refractivity contribution in [1.29, 1.82) is 0 Å². The number of anilines is 1. The van der Waals surface area contributed by atoms with Crippen LogP contribution in [0.4, 0.5) is 10.2 Å². The van der Waals surface area contributed by atoms with Gasteiger partial charge in [-0.3, -0.25) is 9.47 Å². The molecule has 2 fully saturated rings. The quantitative estimate of drug-likeness (QED) is 0.505. The number of aromatic nitrogens is 4. The molecular formula is C27H31ClFN7. The molecule has 0 unspecified atom stereocenters. The fourth-order valence-electron chi connectivity index (χ4n) is 5.92. The van der Waals surface area contributed by atoms with Crippen molar-refractivity contribution in [3.63, 3.8) is 0 Å². The molecule has 1 aromatic carbocycles. The Hall–Kier alpha value is -2.97. The second-order valence-electron chi connectivity index (χ2n) is 10.9. The van der Waals surface area contributed by atoms with E-state index in [-0.39, 0.29) is 11.2 Å². The van der Waals surface area contributed by atoms with Crippen molar-refractivity contribution in [3.8, 4) is 5.69 Å². The molecule has 0 radical (unpaired) electrons. The topological polar surface area (TPSA) is 53.3 Å². The van der Waals surface area contributed by atoms with Gasteiger partial charge < -0.3 is 9.80 Å². The van der Waals surface area contributed by atoms with Crippen LogP contribution in [0, 0.1) is 18.2 Å². The van der Waals surface area contributed by atoms with E-state index in [0.717, 1.165) is 72.9 Å². The second kappa shape index (κ2) is 8.56. The van der Waals surface area contributed by atoms with Crippen LogP contribution in [-0.2, 0) is 13.1 Å². The molecule has 6 rings (SSSR count). The largest absolute Gasteiger partial charge is 0.380 e. The first-order valence-corrected chi connectivity index (χ1v) is 12.8. The number of hydrogen-bond acceptors (Lipinski definition) is 6. The summed E-state index contributed by atoms with van der Waals surface area (Å²) in [5, 5.41) is 10.1. The molecule has 1 saturated heterocycles. The molecule has 3 aromatic rings. The van der Waals surface area contributed by atoms with Gasteiger partial charge in [0, 0.05) is 62.3 Å². The van der Waals surface area contributed by atoms with Crippen LogP contribution >= 0.6 is 11.6 Å². The molecule has 2 aliphatic heterocycles. The fraction of sp³-hybridized carbons (Fsp3) is 0.444. The Labute approximate surface area is 216 Å². The van der Waals surface area contributed by atoms with Crippen molar-refractivity contribution in [2.75, 3.05) is 38.6 Å². The van der Waals surface area contributed by atoms with Gasteiger partial charge in [0.1, 0.15) is 17.5 Å². The summed E-state index contributed by atoms with van der Waals surface area (Å²) in [5.74, 6) is 2.98. The summed E-state index contributed by atoms with van der Waals surface area (Å²) in [5.41, 5.74) is 4.27. The van der Waals surface area contributed by atoms with Crippen LogP contribution in [0.3, 0.4) is 0 Å². The molecule has 1 saturated carbocycles. The number of likely N-dealkylation sites (N-methyl/N-ethyl adjacent to an activating group) is 1. The lowest BCUT2D eigenvalue weighted by Crippen LogP contribution is -2.62. The Balaban J connectivity index is 1.22. The van der Waals surface area contributed by atoms with Gasteiger partial charge in [-0.25, -0.2) is 9.37 Å². The van der Waals surface area contributed by atoms with E-state index in [2.05, 4.69) is 48.1 Å². The second-order valence-corrected chi connectivity index (χ2v) is 11.4. The lowest BCUT2D eigenvalue weighted by molar-refractivity contribution is 0.0581. The molecule has 9 heteroatoms. The van der Waals surface area contributed by atoms with Crippen molar-refractivity contribution in [1.82, 2.24) is 29.5 Å². The lowest BCUT2D eigenvalue weighted by Gasteiger charge is -2.59. The number of benzene rings is 1. The Kier molecular flexibility index (Phi) is 5.57. The molecular weight excluding hydrogens is 477 g/mol. The van der Waals surface area contributed by atoms with Crippen molar-refractivity contribution in [2.45, 2.75) is 38.8 Å². The van der Waals surface area contributed by atoms with Crippen LogP contribution in [-0.4, -0.2) is 63.3 Å². The highest BCUT2D eigenvalue weighted by atomic mass is 35.5. The Morgan fingerprint density at radius 2 is 1.97 bits per heavy atom. The zero-order chi connectivity index (χ0) is 25.2. The third-order valence-corrected chi connectivity index (χ3v) is 8.20. The summed E-state index contributed by atoms with van der Waals surface area (Å²) in [6.45, 7) is 10.1. The summed E-state index contributed by atoms with van der Waals surface area (Å²) < 4.78 is 15.9. The van der Waals surface area contributed by atoms with Crippen LogP contribution in [0.25, 0.3) is 5.69 Å². The highest BCUT2D eigenvalue weighted by Crippen LogP contribution is 2.56. The summed E-state index contributed by atoms with van der Waals surface area (Å²) in [6.07, 6.45) is 3.48. The van der Waals surface area contributed by atoms with E-state index < -0.39 is 0 Å². The van der Waals surface area contributed by atoms with E-state index >= 15 is 0 Å². The zero-order valence-corrected chi connectivity index (χ0v) is 21.8. The SMILES string of the molecule is C=C(CN1Cc2cc(Cl)ccc2-n2c(nnc2C2CC3(C2)CN(c2cc(C)c(F)cn2)C3)C1)N(C)C. The smallest absolute Gasteiger partial charge is 0.151 e. The van der Waals surface area contributed by atoms with E-state index in [1.54, 1.807) is 6.92 Å². The number of rotatable bonds is 5. The summed E-state index contributed by atoms with van der Waals surface area (Å²) >= 11 is 6.41. The van der Waals surface area contributed by atoms with E-state index in [4.69, 9.17) is 16.7 Å². The van der Waals surface area contributed by atoms with Crippen LogP contribution in [0.15, 0.2) is 42.7 Å². The van der Waals surface area contributed by atoms with Crippen LogP contribution < -0.4 is 4.90 Å². The monoisotopic (exact) mass is 507 g/mol. The maximum atomic E-state index is 13.6. The zero-order valence-electron chi connectivity index (χ0n) is 21.0. The third kappa shape index (κ3) is 3.96. The first kappa shape index (κ1) is 23.4. The number of pyridine rings is 1.